The molecule has 0 radical (unpaired) electrons. The average molecular weight is 428 g/mol. The minimum Gasteiger partial charge on any atom is -0.493 e. The maximum absolute atomic E-state index is 12.6. The number of hydrogen-bond acceptors (Lipinski definition) is 6. The lowest BCUT2D eigenvalue weighted by atomic mass is 10.1. The van der Waals surface area contributed by atoms with Crippen LogP contribution in [0.25, 0.3) is 0 Å². The van der Waals surface area contributed by atoms with E-state index in [2.05, 4.69) is 14.5 Å². The van der Waals surface area contributed by atoms with Gasteiger partial charge in [0.25, 0.3) is 5.69 Å². The van der Waals surface area contributed by atoms with E-state index in [1.165, 1.54) is 13.2 Å². The van der Waals surface area contributed by atoms with Crippen LogP contribution in [0.4, 0.5) is 20.2 Å². The van der Waals surface area contributed by atoms with Gasteiger partial charge in [-0.3, -0.25) is 15.0 Å². The summed E-state index contributed by atoms with van der Waals surface area (Å²) in [6.07, 6.45) is 0. The molecule has 3 rings (SSSR count). The van der Waals surface area contributed by atoms with Gasteiger partial charge in [-0.25, -0.2) is 0 Å². The Kier molecular flexibility index (Phi) is 6.71. The van der Waals surface area contributed by atoms with Gasteiger partial charge in [0.05, 0.1) is 28.8 Å². The highest BCUT2D eigenvalue weighted by Gasteiger charge is 2.25. The number of rotatable bonds is 7. The number of methoxy groups -OCH3 is 1. The van der Waals surface area contributed by atoms with Crippen molar-refractivity contribution in [3.8, 4) is 11.5 Å². The van der Waals surface area contributed by atoms with Crippen LogP contribution in [-0.4, -0.2) is 49.7 Å². The van der Waals surface area contributed by atoms with Crippen molar-refractivity contribution in [1.82, 2.24) is 4.90 Å². The molecule has 2 aromatic carbocycles. The van der Waals surface area contributed by atoms with Gasteiger partial charge in [-0.2, -0.15) is 8.78 Å². The van der Waals surface area contributed by atoms with Crippen molar-refractivity contribution in [3.05, 3.63) is 57.1 Å². The summed E-state index contributed by atoms with van der Waals surface area (Å²) < 4.78 is 34.6. The number of nitrogens with zero attached hydrogens (tertiary/aromatic N) is 3. The van der Waals surface area contributed by atoms with Crippen molar-refractivity contribution >= 4 is 23.0 Å². The molecule has 1 heterocycles. The van der Waals surface area contributed by atoms with Crippen LogP contribution in [0.5, 0.6) is 11.5 Å². The van der Waals surface area contributed by atoms with Crippen LogP contribution in [0.15, 0.2) is 36.4 Å². The van der Waals surface area contributed by atoms with E-state index in [-0.39, 0.29) is 23.7 Å². The smallest absolute Gasteiger partial charge is 0.387 e. The monoisotopic (exact) mass is 427 g/mol. The van der Waals surface area contributed by atoms with Crippen LogP contribution >= 0.6 is 11.6 Å². The van der Waals surface area contributed by atoms with Crippen LogP contribution < -0.4 is 14.4 Å². The van der Waals surface area contributed by atoms with Crippen molar-refractivity contribution < 1.29 is 23.2 Å². The molecule has 0 N–H and O–H groups in total. The molecule has 0 spiro atoms. The van der Waals surface area contributed by atoms with Gasteiger partial charge in [-0.15, -0.1) is 0 Å². The van der Waals surface area contributed by atoms with Crippen LogP contribution in [0.3, 0.4) is 0 Å². The summed E-state index contributed by atoms with van der Waals surface area (Å²) in [5.41, 5.74) is 1.05. The van der Waals surface area contributed by atoms with E-state index in [4.69, 9.17) is 16.3 Å². The van der Waals surface area contributed by atoms with Gasteiger partial charge in [0.15, 0.2) is 11.5 Å². The second-order valence-corrected chi connectivity index (χ2v) is 6.89. The highest BCUT2D eigenvalue weighted by molar-refractivity contribution is 6.33. The van der Waals surface area contributed by atoms with Crippen LogP contribution in [0.1, 0.15) is 5.56 Å². The van der Waals surface area contributed by atoms with E-state index in [0.29, 0.717) is 36.8 Å². The standard InChI is InChI=1S/C19H20ClF2N3O4/c1-28-17-10-13(16(25(26)27)11-18(17)29-19(21)22)12-23-6-8-24(9-7-23)15-5-3-2-4-14(15)20/h2-5,10-11,19H,6-9,12H2,1H3. The Labute approximate surface area is 171 Å². The zero-order valence-electron chi connectivity index (χ0n) is 15.7. The maximum Gasteiger partial charge on any atom is 0.387 e. The number of anilines is 1. The van der Waals surface area contributed by atoms with E-state index in [1.807, 2.05) is 24.3 Å². The zero-order valence-corrected chi connectivity index (χ0v) is 16.4. The Hall–Kier alpha value is -2.65. The lowest BCUT2D eigenvalue weighted by Gasteiger charge is -2.36. The number of alkyl halides is 2. The molecule has 7 nitrogen and oxygen atoms in total. The highest BCUT2D eigenvalue weighted by atomic mass is 35.5. The summed E-state index contributed by atoms with van der Waals surface area (Å²) >= 11 is 6.25. The van der Waals surface area contributed by atoms with Gasteiger partial charge in [0.1, 0.15) is 0 Å². The van der Waals surface area contributed by atoms with Crippen molar-refractivity contribution in [3.63, 3.8) is 0 Å². The lowest BCUT2D eigenvalue weighted by Crippen LogP contribution is -2.46. The minimum atomic E-state index is -3.10. The summed E-state index contributed by atoms with van der Waals surface area (Å²) in [7, 11) is 1.30. The minimum absolute atomic E-state index is 0.0283. The van der Waals surface area contributed by atoms with Crippen molar-refractivity contribution in [2.45, 2.75) is 13.2 Å². The van der Waals surface area contributed by atoms with Crippen LogP contribution in [0.2, 0.25) is 5.02 Å². The molecule has 0 saturated carbocycles. The summed E-state index contributed by atoms with van der Waals surface area (Å²) in [5.74, 6) is -0.331. The SMILES string of the molecule is COc1cc(CN2CCN(c3ccccc3Cl)CC2)c([N+](=O)[O-])cc1OC(F)F. The number of hydrogen-bond donors (Lipinski definition) is 0. The zero-order chi connectivity index (χ0) is 21.0. The first-order valence-corrected chi connectivity index (χ1v) is 9.28. The topological polar surface area (TPSA) is 68.1 Å². The fraction of sp³-hybridized carbons (Fsp3) is 0.368. The number of benzene rings is 2. The molecule has 0 atom stereocenters. The molecule has 2 aromatic rings. The summed E-state index contributed by atoms with van der Waals surface area (Å²) in [6.45, 7) is -0.0623. The van der Waals surface area contributed by atoms with Crippen molar-refractivity contribution in [2.24, 2.45) is 0 Å². The molecule has 0 amide bonds. The molecule has 0 bridgehead atoms. The molecular weight excluding hydrogens is 408 g/mol. The first-order chi connectivity index (χ1) is 13.9. The normalized spacial score (nSPS) is 14.9. The lowest BCUT2D eigenvalue weighted by molar-refractivity contribution is -0.385. The molecule has 29 heavy (non-hydrogen) atoms. The number of halogens is 3. The third-order valence-electron chi connectivity index (χ3n) is 4.74. The first-order valence-electron chi connectivity index (χ1n) is 8.91. The molecular formula is C19H20ClF2N3O4. The Morgan fingerprint density at radius 3 is 2.45 bits per heavy atom. The third kappa shape index (κ3) is 5.04. The Morgan fingerprint density at radius 1 is 1.17 bits per heavy atom. The van der Waals surface area contributed by atoms with Crippen LogP contribution in [0, 0.1) is 10.1 Å². The summed E-state index contributed by atoms with van der Waals surface area (Å²) in [6, 6.07) is 9.95. The van der Waals surface area contributed by atoms with Crippen molar-refractivity contribution in [1.29, 1.82) is 0 Å². The van der Waals surface area contributed by atoms with E-state index < -0.39 is 11.5 Å². The van der Waals surface area contributed by atoms with Crippen molar-refractivity contribution in [2.75, 3.05) is 38.2 Å². The van der Waals surface area contributed by atoms with E-state index in [0.717, 1.165) is 11.8 Å². The second-order valence-electron chi connectivity index (χ2n) is 6.48. The predicted molar refractivity (Wildman–Crippen MR) is 105 cm³/mol. The van der Waals surface area contributed by atoms with E-state index in [1.54, 1.807) is 0 Å². The number of piperazine rings is 1. The number of nitro groups is 1. The molecule has 1 aliphatic rings. The Bertz CT molecular complexity index is 877. The Morgan fingerprint density at radius 2 is 1.86 bits per heavy atom. The fourth-order valence-corrected chi connectivity index (χ4v) is 3.59. The predicted octanol–water partition coefficient (Wildman–Crippen LogP) is 4.18. The quantitative estimate of drug-likeness (QED) is 0.487. The van der Waals surface area contributed by atoms with Gasteiger partial charge >= 0.3 is 6.61 Å². The molecule has 1 saturated heterocycles. The maximum atomic E-state index is 12.6. The molecule has 156 valence electrons. The van der Waals surface area contributed by atoms with Gasteiger partial charge in [-0.1, -0.05) is 23.7 Å². The largest absolute Gasteiger partial charge is 0.493 e. The molecule has 1 fully saturated rings. The van der Waals surface area contributed by atoms with Crippen LogP contribution in [-0.2, 0) is 6.54 Å². The number of para-hydroxylation sites is 1. The first kappa shape index (κ1) is 21.1. The number of ether oxygens (including phenoxy) is 2. The number of nitro benzene ring substituents is 1. The second kappa shape index (κ2) is 9.23. The third-order valence-corrected chi connectivity index (χ3v) is 5.06. The summed E-state index contributed by atoms with van der Waals surface area (Å²) in [4.78, 5) is 15.1. The highest BCUT2D eigenvalue weighted by Crippen LogP contribution is 2.36. The fourth-order valence-electron chi connectivity index (χ4n) is 3.33. The average Bonchev–Trinajstić information content (AvgIpc) is 2.69. The molecule has 10 heteroatoms. The van der Waals surface area contributed by atoms with Gasteiger partial charge in [-0.05, 0) is 18.2 Å². The Balaban J connectivity index is 1.74. The molecule has 0 aliphatic carbocycles. The molecule has 0 aromatic heterocycles. The summed E-state index contributed by atoms with van der Waals surface area (Å²) in [5, 5.41) is 12.1. The van der Waals surface area contributed by atoms with Gasteiger partial charge in [0.2, 0.25) is 0 Å². The van der Waals surface area contributed by atoms with E-state index >= 15 is 0 Å². The van der Waals surface area contributed by atoms with Gasteiger partial charge < -0.3 is 14.4 Å². The molecule has 1 aliphatic heterocycles. The van der Waals surface area contributed by atoms with Gasteiger partial charge in [0, 0.05) is 38.3 Å². The molecule has 0 unspecified atom stereocenters. The van der Waals surface area contributed by atoms with E-state index in [9.17, 15) is 18.9 Å².